The number of likely N-dealkylation sites (N-methyl/N-ethyl adjacent to an activating group) is 1. The maximum absolute atomic E-state index is 12.1. The van der Waals surface area contributed by atoms with Crippen molar-refractivity contribution in [2.24, 2.45) is 0 Å². The van der Waals surface area contributed by atoms with E-state index in [0.717, 1.165) is 25.0 Å². The third-order valence-corrected chi connectivity index (χ3v) is 3.72. The molecule has 18 heavy (non-hydrogen) atoms. The van der Waals surface area contributed by atoms with Gasteiger partial charge in [-0.2, -0.15) is 0 Å². The number of rotatable bonds is 6. The number of carboxylic acid groups (broad SMARTS) is 1. The van der Waals surface area contributed by atoms with Crippen LogP contribution in [0, 0.1) is 0 Å². The van der Waals surface area contributed by atoms with E-state index in [1.54, 1.807) is 4.90 Å². The molecule has 0 aromatic carbocycles. The summed E-state index contributed by atoms with van der Waals surface area (Å²) in [6.07, 6.45) is 6.42. The lowest BCUT2D eigenvalue weighted by atomic mass is 10.2. The fourth-order valence-corrected chi connectivity index (χ4v) is 2.37. The van der Waals surface area contributed by atoms with Gasteiger partial charge >= 0.3 is 5.97 Å². The fraction of sp³-hybridized carbons (Fsp3) is 0.692. The maximum atomic E-state index is 12.1. The molecular weight excluding hydrogens is 232 g/mol. The highest BCUT2D eigenvalue weighted by atomic mass is 16.4. The monoisotopic (exact) mass is 252 g/mol. The molecule has 0 aliphatic heterocycles. The van der Waals surface area contributed by atoms with Crippen LogP contribution in [0.1, 0.15) is 39.0 Å². The average molecular weight is 252 g/mol. The number of hydrogen-bond acceptors (Lipinski definition) is 3. The molecule has 1 amide bonds. The van der Waals surface area contributed by atoms with Crippen LogP contribution in [0.5, 0.6) is 0 Å². The van der Waals surface area contributed by atoms with Crippen LogP contribution < -0.4 is 5.32 Å². The first-order valence-electron chi connectivity index (χ1n) is 6.57. The number of carbonyl (C=O) groups is 2. The van der Waals surface area contributed by atoms with Gasteiger partial charge in [0.25, 0.3) is 0 Å². The van der Waals surface area contributed by atoms with E-state index in [2.05, 4.69) is 11.4 Å². The van der Waals surface area contributed by atoms with Crippen LogP contribution in [0.4, 0.5) is 0 Å². The van der Waals surface area contributed by atoms with Crippen LogP contribution in [0.15, 0.2) is 11.8 Å². The Hall–Kier alpha value is -1.36. The van der Waals surface area contributed by atoms with E-state index >= 15 is 0 Å². The quantitative estimate of drug-likeness (QED) is 0.743. The van der Waals surface area contributed by atoms with Crippen LogP contribution in [0.25, 0.3) is 0 Å². The van der Waals surface area contributed by atoms with Crippen molar-refractivity contribution in [3.63, 3.8) is 0 Å². The third-order valence-electron chi connectivity index (χ3n) is 3.72. The van der Waals surface area contributed by atoms with Gasteiger partial charge in [-0.05, 0) is 39.0 Å². The number of nitrogens with zero attached hydrogens (tertiary/aromatic N) is 1. The van der Waals surface area contributed by atoms with Gasteiger partial charge in [0.15, 0.2) is 0 Å². The number of carbonyl (C=O) groups excluding carboxylic acids is 1. The summed E-state index contributed by atoms with van der Waals surface area (Å²) in [5.74, 6) is -0.878. The van der Waals surface area contributed by atoms with E-state index in [9.17, 15) is 9.59 Å². The minimum absolute atomic E-state index is 0.0295. The second-order valence-electron chi connectivity index (χ2n) is 4.97. The molecule has 0 bridgehead atoms. The van der Waals surface area contributed by atoms with E-state index < -0.39 is 11.5 Å². The van der Waals surface area contributed by atoms with Gasteiger partial charge in [-0.15, -0.1) is 0 Å². The fourth-order valence-electron chi connectivity index (χ4n) is 2.37. The molecule has 2 rings (SSSR count). The zero-order valence-electron chi connectivity index (χ0n) is 10.7. The van der Waals surface area contributed by atoms with Gasteiger partial charge in [0.05, 0.1) is 6.54 Å². The Morgan fingerprint density at radius 3 is 2.67 bits per heavy atom. The van der Waals surface area contributed by atoms with Crippen LogP contribution in [0.2, 0.25) is 0 Å². The summed E-state index contributed by atoms with van der Waals surface area (Å²) in [6, 6.07) is 0. The normalized spacial score (nSPS) is 20.4. The molecular formula is C13H20N2O3. The highest BCUT2D eigenvalue weighted by molar-refractivity contribution is 5.85. The van der Waals surface area contributed by atoms with Gasteiger partial charge in [0, 0.05) is 12.2 Å². The predicted octanol–water partition coefficient (Wildman–Crippen LogP) is 1.11. The predicted molar refractivity (Wildman–Crippen MR) is 66.9 cm³/mol. The van der Waals surface area contributed by atoms with Crippen molar-refractivity contribution in [3.05, 3.63) is 11.8 Å². The molecule has 0 spiro atoms. The average Bonchev–Trinajstić information content (AvgIpc) is 2.97. The smallest absolute Gasteiger partial charge is 0.323 e. The lowest BCUT2D eigenvalue weighted by Gasteiger charge is -2.23. The highest BCUT2D eigenvalue weighted by Gasteiger charge is 2.50. The molecule has 0 unspecified atom stereocenters. The Labute approximate surface area is 107 Å². The van der Waals surface area contributed by atoms with Crippen molar-refractivity contribution in [2.75, 3.05) is 13.1 Å². The van der Waals surface area contributed by atoms with E-state index in [1.807, 2.05) is 6.92 Å². The topological polar surface area (TPSA) is 69.6 Å². The number of nitrogens with one attached hydrogen (secondary N) is 1. The number of amides is 1. The Bertz CT molecular complexity index is 386. The van der Waals surface area contributed by atoms with Crippen LogP contribution in [-0.4, -0.2) is 40.5 Å². The van der Waals surface area contributed by atoms with Crippen molar-refractivity contribution in [1.82, 2.24) is 10.2 Å². The highest BCUT2D eigenvalue weighted by Crippen LogP contribution is 2.35. The molecule has 2 N–H and O–H groups in total. The Morgan fingerprint density at radius 2 is 2.22 bits per heavy atom. The van der Waals surface area contributed by atoms with Crippen LogP contribution >= 0.6 is 0 Å². The lowest BCUT2D eigenvalue weighted by Crippen LogP contribution is -2.45. The SMILES string of the molecule is CCN(C(=O)CNC1(C(=O)O)CC1)C1=CCCC1. The van der Waals surface area contributed by atoms with Gasteiger partial charge in [0.2, 0.25) is 5.91 Å². The molecule has 0 aromatic rings. The number of aliphatic carboxylic acids is 1. The summed E-state index contributed by atoms with van der Waals surface area (Å²) in [5, 5.41) is 11.9. The molecule has 0 aromatic heterocycles. The summed E-state index contributed by atoms with van der Waals surface area (Å²) in [4.78, 5) is 24.8. The molecule has 1 saturated carbocycles. The van der Waals surface area contributed by atoms with Gasteiger partial charge in [0.1, 0.15) is 5.54 Å². The second-order valence-corrected chi connectivity index (χ2v) is 4.97. The first kappa shape index (κ1) is 13.1. The summed E-state index contributed by atoms with van der Waals surface area (Å²) < 4.78 is 0. The summed E-state index contributed by atoms with van der Waals surface area (Å²) in [7, 11) is 0. The van der Waals surface area contributed by atoms with Crippen molar-refractivity contribution < 1.29 is 14.7 Å². The molecule has 0 radical (unpaired) electrons. The zero-order valence-corrected chi connectivity index (χ0v) is 10.7. The van der Waals surface area contributed by atoms with E-state index in [1.165, 1.54) is 0 Å². The molecule has 5 nitrogen and oxygen atoms in total. The molecule has 5 heteroatoms. The molecule has 2 aliphatic rings. The number of hydrogen-bond donors (Lipinski definition) is 2. The zero-order chi connectivity index (χ0) is 13.2. The Kier molecular flexibility index (Phi) is 3.71. The molecule has 100 valence electrons. The molecule has 0 heterocycles. The Balaban J connectivity index is 1.88. The summed E-state index contributed by atoms with van der Waals surface area (Å²) >= 11 is 0. The van der Waals surface area contributed by atoms with Crippen molar-refractivity contribution in [2.45, 2.75) is 44.6 Å². The van der Waals surface area contributed by atoms with Crippen LogP contribution in [0.3, 0.4) is 0 Å². The maximum Gasteiger partial charge on any atom is 0.323 e. The van der Waals surface area contributed by atoms with Crippen molar-refractivity contribution in [3.8, 4) is 0 Å². The van der Waals surface area contributed by atoms with Crippen molar-refractivity contribution in [1.29, 1.82) is 0 Å². The summed E-state index contributed by atoms with van der Waals surface area (Å²) in [5.41, 5.74) is 0.253. The minimum Gasteiger partial charge on any atom is -0.480 e. The van der Waals surface area contributed by atoms with E-state index in [-0.39, 0.29) is 12.5 Å². The first-order chi connectivity index (χ1) is 8.59. The largest absolute Gasteiger partial charge is 0.480 e. The van der Waals surface area contributed by atoms with Gasteiger partial charge < -0.3 is 10.0 Å². The Morgan fingerprint density at radius 1 is 1.50 bits per heavy atom. The number of allylic oxidation sites excluding steroid dienone is 2. The minimum atomic E-state index is -0.849. The van der Waals surface area contributed by atoms with E-state index in [4.69, 9.17) is 5.11 Å². The van der Waals surface area contributed by atoms with Gasteiger partial charge in [-0.1, -0.05) is 6.08 Å². The first-order valence-corrected chi connectivity index (χ1v) is 6.57. The number of carboxylic acids is 1. The second kappa shape index (κ2) is 5.10. The molecule has 0 atom stereocenters. The standard InChI is InChI=1S/C13H20N2O3/c1-2-15(10-5-3-4-6-10)11(16)9-14-13(7-8-13)12(17)18/h5,14H,2-4,6-9H2,1H3,(H,17,18). The van der Waals surface area contributed by atoms with E-state index in [0.29, 0.717) is 19.4 Å². The molecule has 1 fully saturated rings. The molecule has 0 saturated heterocycles. The molecule has 2 aliphatic carbocycles. The lowest BCUT2D eigenvalue weighted by molar-refractivity contribution is -0.141. The summed E-state index contributed by atoms with van der Waals surface area (Å²) in [6.45, 7) is 2.70. The van der Waals surface area contributed by atoms with Crippen molar-refractivity contribution >= 4 is 11.9 Å². The van der Waals surface area contributed by atoms with Crippen LogP contribution in [-0.2, 0) is 9.59 Å². The van der Waals surface area contributed by atoms with Gasteiger partial charge in [-0.3, -0.25) is 14.9 Å². The van der Waals surface area contributed by atoms with Gasteiger partial charge in [-0.25, -0.2) is 0 Å². The third kappa shape index (κ3) is 2.56.